The van der Waals surface area contributed by atoms with Crippen LogP contribution in [0.15, 0.2) is 38.1 Å². The van der Waals surface area contributed by atoms with E-state index in [-0.39, 0.29) is 0 Å². The first-order chi connectivity index (χ1) is 7.25. The molecule has 0 aliphatic carbocycles. The van der Waals surface area contributed by atoms with Crippen molar-refractivity contribution in [1.29, 1.82) is 0 Å². The van der Waals surface area contributed by atoms with Crippen molar-refractivity contribution in [3.8, 4) is 0 Å². The largest absolute Gasteiger partial charge is 0.446 e. The van der Waals surface area contributed by atoms with Crippen molar-refractivity contribution in [2.75, 3.05) is 0 Å². The Morgan fingerprint density at radius 3 is 2.80 bits per heavy atom. The normalized spacial score (nSPS) is 11.3. The lowest BCUT2D eigenvalue weighted by molar-refractivity contribution is 0.543. The van der Waals surface area contributed by atoms with Crippen molar-refractivity contribution in [2.45, 2.75) is 6.92 Å². The fourth-order valence-electron chi connectivity index (χ4n) is 1.69. The Kier molecular flexibility index (Phi) is 1.48. The third kappa shape index (κ3) is 1.08. The van der Waals surface area contributed by atoms with Gasteiger partial charge in [0.1, 0.15) is 0 Å². The number of fused-ring (bicyclic) bond motifs is 2. The van der Waals surface area contributed by atoms with Gasteiger partial charge >= 0.3 is 5.63 Å². The lowest BCUT2D eigenvalue weighted by Gasteiger charge is -1.99. The molecule has 0 aromatic carbocycles. The van der Waals surface area contributed by atoms with E-state index < -0.39 is 5.63 Å². The van der Waals surface area contributed by atoms with Crippen LogP contribution >= 0.6 is 0 Å². The Balaban J connectivity index is 2.63. The van der Waals surface area contributed by atoms with E-state index in [0.29, 0.717) is 11.4 Å². The number of pyridine rings is 1. The van der Waals surface area contributed by atoms with Crippen LogP contribution in [0.5, 0.6) is 0 Å². The first-order valence-electron chi connectivity index (χ1n) is 4.53. The van der Waals surface area contributed by atoms with Crippen LogP contribution in [-0.4, -0.2) is 4.98 Å². The highest BCUT2D eigenvalue weighted by molar-refractivity contribution is 5.92. The molecule has 0 spiro atoms. The Hall–Kier alpha value is -2.10. The monoisotopic (exact) mass is 201 g/mol. The van der Waals surface area contributed by atoms with Crippen molar-refractivity contribution in [1.82, 2.24) is 4.98 Å². The second-order valence-electron chi connectivity index (χ2n) is 3.35. The summed E-state index contributed by atoms with van der Waals surface area (Å²) in [5.74, 6) is 0. The maximum absolute atomic E-state index is 11.0. The Morgan fingerprint density at radius 1 is 1.13 bits per heavy atom. The summed E-state index contributed by atoms with van der Waals surface area (Å²) in [5, 5.41) is 1.78. The smallest absolute Gasteiger partial charge is 0.337 e. The van der Waals surface area contributed by atoms with E-state index in [0.717, 1.165) is 16.3 Å². The lowest BCUT2D eigenvalue weighted by atomic mass is 10.1. The summed E-state index contributed by atoms with van der Waals surface area (Å²) in [6.07, 6.45) is 1.57. The zero-order chi connectivity index (χ0) is 10.4. The molecule has 0 N–H and O–H groups in total. The molecule has 0 saturated carbocycles. The summed E-state index contributed by atoms with van der Waals surface area (Å²) in [6, 6.07) is 4.96. The topological polar surface area (TPSA) is 56.2 Å². The highest BCUT2D eigenvalue weighted by Gasteiger charge is 2.09. The molecule has 0 saturated heterocycles. The first kappa shape index (κ1) is 8.23. The van der Waals surface area contributed by atoms with E-state index in [1.807, 2.05) is 13.0 Å². The summed E-state index contributed by atoms with van der Waals surface area (Å²) < 4.78 is 10.2. The summed E-state index contributed by atoms with van der Waals surface area (Å²) in [4.78, 5) is 15.2. The van der Waals surface area contributed by atoms with E-state index in [1.165, 1.54) is 6.07 Å². The molecule has 15 heavy (non-hydrogen) atoms. The van der Waals surface area contributed by atoms with Crippen LogP contribution in [0.4, 0.5) is 0 Å². The summed E-state index contributed by atoms with van der Waals surface area (Å²) in [7, 11) is 0. The number of rotatable bonds is 0. The molecule has 3 rings (SSSR count). The fourth-order valence-corrected chi connectivity index (χ4v) is 1.69. The minimum absolute atomic E-state index is 0.322. The average Bonchev–Trinajstić information content (AvgIpc) is 2.65. The van der Waals surface area contributed by atoms with Gasteiger partial charge in [-0.15, -0.1) is 0 Å². The van der Waals surface area contributed by atoms with Crippen LogP contribution < -0.4 is 5.63 Å². The Bertz CT molecular complexity index is 708. The van der Waals surface area contributed by atoms with Crippen molar-refractivity contribution in [3.05, 3.63) is 40.4 Å². The highest BCUT2D eigenvalue weighted by atomic mass is 16.4. The number of furan rings is 1. The van der Waals surface area contributed by atoms with Crippen LogP contribution in [-0.2, 0) is 0 Å². The minimum atomic E-state index is -0.402. The van der Waals surface area contributed by atoms with Gasteiger partial charge < -0.3 is 8.83 Å². The van der Waals surface area contributed by atoms with E-state index in [1.54, 1.807) is 12.3 Å². The van der Waals surface area contributed by atoms with Gasteiger partial charge in [-0.05, 0) is 24.6 Å². The van der Waals surface area contributed by atoms with Gasteiger partial charge in [0.25, 0.3) is 0 Å². The average molecular weight is 201 g/mol. The maximum atomic E-state index is 11.0. The summed E-state index contributed by atoms with van der Waals surface area (Å²) in [5.41, 5.74) is 1.42. The van der Waals surface area contributed by atoms with E-state index in [4.69, 9.17) is 8.83 Å². The number of hydrogen-bond acceptors (Lipinski definition) is 4. The zero-order valence-corrected chi connectivity index (χ0v) is 7.98. The second kappa shape index (κ2) is 2.70. The second-order valence-corrected chi connectivity index (χ2v) is 3.35. The maximum Gasteiger partial charge on any atom is 0.337 e. The van der Waals surface area contributed by atoms with Crippen molar-refractivity contribution >= 4 is 22.2 Å². The highest BCUT2D eigenvalue weighted by Crippen LogP contribution is 2.24. The van der Waals surface area contributed by atoms with Crippen LogP contribution in [0, 0.1) is 6.92 Å². The third-order valence-corrected chi connectivity index (χ3v) is 2.47. The molecule has 0 bridgehead atoms. The summed E-state index contributed by atoms with van der Waals surface area (Å²) in [6.45, 7) is 1.95. The minimum Gasteiger partial charge on any atom is -0.446 e. The number of hydrogen-bond donors (Lipinski definition) is 0. The van der Waals surface area contributed by atoms with Gasteiger partial charge in [-0.1, -0.05) is 0 Å². The molecule has 0 unspecified atom stereocenters. The SMILES string of the molecule is Cc1c2ccoc2nc2oc(=O)ccc12. The van der Waals surface area contributed by atoms with Gasteiger partial charge in [-0.3, -0.25) is 0 Å². The molecule has 3 aromatic rings. The van der Waals surface area contributed by atoms with Gasteiger partial charge in [0, 0.05) is 16.8 Å². The molecule has 0 fully saturated rings. The van der Waals surface area contributed by atoms with Crippen molar-refractivity contribution in [2.24, 2.45) is 0 Å². The van der Waals surface area contributed by atoms with Crippen molar-refractivity contribution < 1.29 is 8.83 Å². The van der Waals surface area contributed by atoms with Crippen LogP contribution in [0.1, 0.15) is 5.56 Å². The molecule has 4 heteroatoms. The molecule has 3 aromatic heterocycles. The molecule has 0 amide bonds. The fraction of sp³-hybridized carbons (Fsp3) is 0.0909. The summed E-state index contributed by atoms with van der Waals surface area (Å²) >= 11 is 0. The zero-order valence-electron chi connectivity index (χ0n) is 7.98. The predicted octanol–water partition coefficient (Wildman–Crippen LogP) is 2.24. The quantitative estimate of drug-likeness (QED) is 0.559. The molecule has 3 heterocycles. The predicted molar refractivity (Wildman–Crippen MR) is 54.8 cm³/mol. The van der Waals surface area contributed by atoms with Crippen LogP contribution in [0.25, 0.3) is 22.2 Å². The molecule has 0 radical (unpaired) electrons. The first-order valence-corrected chi connectivity index (χ1v) is 4.53. The van der Waals surface area contributed by atoms with Gasteiger partial charge in [0.2, 0.25) is 11.4 Å². The van der Waals surface area contributed by atoms with Gasteiger partial charge in [0.15, 0.2) is 0 Å². The molecule has 0 atom stereocenters. The number of aryl methyl sites for hydroxylation is 1. The molecular weight excluding hydrogens is 194 g/mol. The third-order valence-electron chi connectivity index (χ3n) is 2.47. The number of nitrogens with zero attached hydrogens (tertiary/aromatic N) is 1. The van der Waals surface area contributed by atoms with Crippen LogP contribution in [0.2, 0.25) is 0 Å². The van der Waals surface area contributed by atoms with E-state index in [9.17, 15) is 4.79 Å². The van der Waals surface area contributed by atoms with Crippen molar-refractivity contribution in [3.63, 3.8) is 0 Å². The Morgan fingerprint density at radius 2 is 1.93 bits per heavy atom. The number of aromatic nitrogens is 1. The van der Waals surface area contributed by atoms with Gasteiger partial charge in [-0.25, -0.2) is 4.79 Å². The van der Waals surface area contributed by atoms with Gasteiger partial charge in [0.05, 0.1) is 6.26 Å². The van der Waals surface area contributed by atoms with E-state index in [2.05, 4.69) is 4.98 Å². The molecule has 0 aliphatic heterocycles. The van der Waals surface area contributed by atoms with Crippen LogP contribution in [0.3, 0.4) is 0 Å². The lowest BCUT2D eigenvalue weighted by Crippen LogP contribution is -1.96. The molecule has 74 valence electrons. The van der Waals surface area contributed by atoms with Gasteiger partial charge in [-0.2, -0.15) is 4.98 Å². The molecule has 0 aliphatic rings. The standard InChI is InChI=1S/C11H7NO3/c1-6-7-2-3-9(13)15-11(7)12-10-8(6)4-5-14-10/h2-5H,1H3. The molecule has 4 nitrogen and oxygen atoms in total. The Labute approximate surface area is 84.1 Å². The van der Waals surface area contributed by atoms with E-state index >= 15 is 0 Å². The molecular formula is C11H7NO3.